The molecule has 1 N–H and O–H groups in total. The molecule has 0 spiro atoms. The fraction of sp³-hybridized carbons (Fsp3) is 0.364. The van der Waals surface area contributed by atoms with Crippen LogP contribution in [0.5, 0.6) is 0 Å². The summed E-state index contributed by atoms with van der Waals surface area (Å²) in [5, 5.41) is 9.43. The van der Waals surface area contributed by atoms with Crippen LogP contribution < -0.4 is 4.90 Å². The van der Waals surface area contributed by atoms with Crippen LogP contribution in [-0.2, 0) is 4.79 Å². The number of anilines is 1. The first-order chi connectivity index (χ1) is 7.00. The maximum atomic E-state index is 10.7. The molecule has 1 atom stereocenters. The quantitative estimate of drug-likeness (QED) is 0.859. The lowest BCUT2D eigenvalue weighted by molar-refractivity contribution is -0.140. The van der Waals surface area contributed by atoms with Crippen molar-refractivity contribution in [3.63, 3.8) is 0 Å². The van der Waals surface area contributed by atoms with Crippen molar-refractivity contribution in [2.75, 3.05) is 18.5 Å². The smallest absolute Gasteiger partial charge is 0.308 e. The molecule has 0 bridgehead atoms. The van der Waals surface area contributed by atoms with E-state index in [9.17, 15) is 4.79 Å². The topological polar surface area (TPSA) is 40.5 Å². The minimum atomic E-state index is -0.788. The molecule has 0 heterocycles. The first kappa shape index (κ1) is 11.9. The molecule has 82 valence electrons. The molecule has 0 saturated carbocycles. The van der Waals surface area contributed by atoms with E-state index in [1.54, 1.807) is 13.0 Å². The molecule has 0 radical (unpaired) electrons. The SMILES string of the molecule is CC(CN(C)c1cccc(Cl)c1)C(=O)O. The summed E-state index contributed by atoms with van der Waals surface area (Å²) in [7, 11) is 1.85. The molecule has 1 unspecified atom stereocenters. The Labute approximate surface area is 94.3 Å². The minimum Gasteiger partial charge on any atom is -0.481 e. The van der Waals surface area contributed by atoms with Gasteiger partial charge in [0.15, 0.2) is 0 Å². The largest absolute Gasteiger partial charge is 0.481 e. The Kier molecular flexibility index (Phi) is 3.97. The lowest BCUT2D eigenvalue weighted by Crippen LogP contribution is -2.28. The van der Waals surface area contributed by atoms with E-state index in [-0.39, 0.29) is 0 Å². The fourth-order valence-electron chi connectivity index (χ4n) is 1.31. The normalized spacial score (nSPS) is 12.2. The summed E-state index contributed by atoms with van der Waals surface area (Å²) >= 11 is 5.85. The molecule has 0 saturated heterocycles. The Morgan fingerprint density at radius 1 is 1.60 bits per heavy atom. The highest BCUT2D eigenvalue weighted by Gasteiger charge is 2.13. The zero-order chi connectivity index (χ0) is 11.4. The lowest BCUT2D eigenvalue weighted by atomic mass is 10.1. The van der Waals surface area contributed by atoms with Gasteiger partial charge in [0.25, 0.3) is 0 Å². The molecule has 3 nitrogen and oxygen atoms in total. The number of carbonyl (C=O) groups is 1. The van der Waals surface area contributed by atoms with Crippen LogP contribution in [-0.4, -0.2) is 24.7 Å². The van der Waals surface area contributed by atoms with Crippen LogP contribution in [0.1, 0.15) is 6.92 Å². The Morgan fingerprint density at radius 3 is 2.80 bits per heavy atom. The van der Waals surface area contributed by atoms with E-state index < -0.39 is 11.9 Å². The Bertz CT molecular complexity index is 354. The number of rotatable bonds is 4. The van der Waals surface area contributed by atoms with Crippen molar-refractivity contribution >= 4 is 23.3 Å². The number of halogens is 1. The van der Waals surface area contributed by atoms with Crippen molar-refractivity contribution < 1.29 is 9.90 Å². The average molecular weight is 228 g/mol. The third-order valence-corrected chi connectivity index (χ3v) is 2.45. The predicted molar refractivity (Wildman–Crippen MR) is 61.5 cm³/mol. The summed E-state index contributed by atoms with van der Waals surface area (Å²) in [6.45, 7) is 2.15. The van der Waals surface area contributed by atoms with E-state index >= 15 is 0 Å². The minimum absolute atomic E-state index is 0.394. The summed E-state index contributed by atoms with van der Waals surface area (Å²) in [5.41, 5.74) is 0.926. The second kappa shape index (κ2) is 5.03. The second-order valence-electron chi connectivity index (χ2n) is 3.60. The molecule has 1 rings (SSSR count). The van der Waals surface area contributed by atoms with Gasteiger partial charge in [0.05, 0.1) is 5.92 Å². The van der Waals surface area contributed by atoms with Crippen LogP contribution >= 0.6 is 11.6 Å². The zero-order valence-electron chi connectivity index (χ0n) is 8.77. The number of carboxylic acids is 1. The zero-order valence-corrected chi connectivity index (χ0v) is 9.53. The monoisotopic (exact) mass is 227 g/mol. The Balaban J connectivity index is 2.68. The van der Waals surface area contributed by atoms with Gasteiger partial charge in [-0.15, -0.1) is 0 Å². The van der Waals surface area contributed by atoms with Crippen LogP contribution in [0.25, 0.3) is 0 Å². The van der Waals surface area contributed by atoms with Crippen LogP contribution in [0.2, 0.25) is 5.02 Å². The molecule has 0 amide bonds. The number of hydrogen-bond acceptors (Lipinski definition) is 2. The van der Waals surface area contributed by atoms with Gasteiger partial charge >= 0.3 is 5.97 Å². The summed E-state index contributed by atoms with van der Waals surface area (Å²) in [6, 6.07) is 7.36. The van der Waals surface area contributed by atoms with E-state index in [1.165, 1.54) is 0 Å². The van der Waals surface area contributed by atoms with Crippen LogP contribution in [0.15, 0.2) is 24.3 Å². The number of carboxylic acid groups (broad SMARTS) is 1. The molecule has 0 aliphatic carbocycles. The van der Waals surface area contributed by atoms with Gasteiger partial charge in [-0.25, -0.2) is 0 Å². The van der Waals surface area contributed by atoms with Gasteiger partial charge < -0.3 is 10.0 Å². The molecule has 0 aliphatic heterocycles. The third kappa shape index (κ3) is 3.44. The lowest BCUT2D eigenvalue weighted by Gasteiger charge is -2.21. The highest BCUT2D eigenvalue weighted by atomic mass is 35.5. The Hall–Kier alpha value is -1.22. The Morgan fingerprint density at radius 2 is 2.27 bits per heavy atom. The molecule has 15 heavy (non-hydrogen) atoms. The van der Waals surface area contributed by atoms with Gasteiger partial charge in [-0.2, -0.15) is 0 Å². The highest BCUT2D eigenvalue weighted by Crippen LogP contribution is 2.19. The third-order valence-electron chi connectivity index (χ3n) is 2.22. The first-order valence-corrected chi connectivity index (χ1v) is 5.08. The maximum Gasteiger partial charge on any atom is 0.308 e. The number of benzene rings is 1. The van der Waals surface area contributed by atoms with Crippen molar-refractivity contribution in [2.24, 2.45) is 5.92 Å². The van der Waals surface area contributed by atoms with Gasteiger partial charge in [-0.3, -0.25) is 4.79 Å². The van der Waals surface area contributed by atoms with Crippen molar-refractivity contribution in [1.29, 1.82) is 0 Å². The summed E-state index contributed by atoms with van der Waals surface area (Å²) < 4.78 is 0. The number of aliphatic carboxylic acids is 1. The van der Waals surface area contributed by atoms with Gasteiger partial charge in [0.1, 0.15) is 0 Å². The highest BCUT2D eigenvalue weighted by molar-refractivity contribution is 6.30. The van der Waals surface area contributed by atoms with Crippen molar-refractivity contribution in [2.45, 2.75) is 6.92 Å². The fourth-order valence-corrected chi connectivity index (χ4v) is 1.49. The second-order valence-corrected chi connectivity index (χ2v) is 4.04. The molecule has 4 heteroatoms. The summed E-state index contributed by atoms with van der Waals surface area (Å²) in [4.78, 5) is 12.6. The standard InChI is InChI=1S/C11H14ClNO2/c1-8(11(14)15)7-13(2)10-5-3-4-9(12)6-10/h3-6,8H,7H2,1-2H3,(H,14,15). The molecule has 1 aromatic carbocycles. The van der Waals surface area contributed by atoms with E-state index in [2.05, 4.69) is 0 Å². The van der Waals surface area contributed by atoms with E-state index in [4.69, 9.17) is 16.7 Å². The molecular weight excluding hydrogens is 214 g/mol. The number of nitrogens with zero attached hydrogens (tertiary/aromatic N) is 1. The molecular formula is C11H14ClNO2. The summed E-state index contributed by atoms with van der Waals surface area (Å²) in [6.07, 6.45) is 0. The van der Waals surface area contributed by atoms with E-state index in [0.29, 0.717) is 11.6 Å². The van der Waals surface area contributed by atoms with Crippen LogP contribution in [0.4, 0.5) is 5.69 Å². The maximum absolute atomic E-state index is 10.7. The molecule has 1 aromatic rings. The molecule has 0 fully saturated rings. The van der Waals surface area contributed by atoms with Gasteiger partial charge in [0.2, 0.25) is 0 Å². The molecule has 0 aliphatic rings. The van der Waals surface area contributed by atoms with Crippen molar-refractivity contribution in [3.05, 3.63) is 29.3 Å². The van der Waals surface area contributed by atoms with Crippen molar-refractivity contribution in [1.82, 2.24) is 0 Å². The van der Waals surface area contributed by atoms with Crippen LogP contribution in [0.3, 0.4) is 0 Å². The summed E-state index contributed by atoms with van der Waals surface area (Å²) in [5.74, 6) is -1.18. The predicted octanol–water partition coefficient (Wildman–Crippen LogP) is 2.50. The van der Waals surface area contributed by atoms with Crippen LogP contribution in [0, 0.1) is 5.92 Å². The average Bonchev–Trinajstić information content (AvgIpc) is 2.17. The number of hydrogen-bond donors (Lipinski definition) is 1. The van der Waals surface area contributed by atoms with E-state index in [0.717, 1.165) is 5.69 Å². The molecule has 0 aromatic heterocycles. The van der Waals surface area contributed by atoms with E-state index in [1.807, 2.05) is 30.1 Å². The van der Waals surface area contributed by atoms with Gasteiger partial charge in [-0.1, -0.05) is 24.6 Å². The van der Waals surface area contributed by atoms with Gasteiger partial charge in [0, 0.05) is 24.3 Å². The van der Waals surface area contributed by atoms with Gasteiger partial charge in [-0.05, 0) is 18.2 Å². The first-order valence-electron chi connectivity index (χ1n) is 4.70. The van der Waals surface area contributed by atoms with Crippen molar-refractivity contribution in [3.8, 4) is 0 Å².